The first kappa shape index (κ1) is 19.8. The van der Waals surface area contributed by atoms with Crippen LogP contribution in [-0.2, 0) is 16.4 Å². The normalized spacial score (nSPS) is 12.0. The SMILES string of the molecule is CN=C(NCCS(=O)(=O)c1ccc(Br)cc1)NCc1ccccc1Cl. The summed E-state index contributed by atoms with van der Waals surface area (Å²) in [4.78, 5) is 4.39. The minimum absolute atomic E-state index is 0.0264. The van der Waals surface area contributed by atoms with Crippen molar-refractivity contribution in [3.05, 3.63) is 63.6 Å². The summed E-state index contributed by atoms with van der Waals surface area (Å²) in [5.41, 5.74) is 0.939. The van der Waals surface area contributed by atoms with Crippen molar-refractivity contribution in [3.63, 3.8) is 0 Å². The lowest BCUT2D eigenvalue weighted by Crippen LogP contribution is -2.39. The Morgan fingerprint density at radius 2 is 1.80 bits per heavy atom. The van der Waals surface area contributed by atoms with E-state index >= 15 is 0 Å². The van der Waals surface area contributed by atoms with Crippen LogP contribution in [0, 0.1) is 0 Å². The number of nitrogens with one attached hydrogen (secondary N) is 2. The molecule has 0 radical (unpaired) electrons. The zero-order chi connectivity index (χ0) is 18.3. The van der Waals surface area contributed by atoms with E-state index in [1.807, 2.05) is 24.3 Å². The van der Waals surface area contributed by atoms with Gasteiger partial charge in [0, 0.05) is 29.6 Å². The molecule has 0 unspecified atom stereocenters. The van der Waals surface area contributed by atoms with Crippen LogP contribution >= 0.6 is 27.5 Å². The van der Waals surface area contributed by atoms with E-state index in [1.54, 1.807) is 31.3 Å². The van der Waals surface area contributed by atoms with Crippen LogP contribution in [0.2, 0.25) is 5.02 Å². The quantitative estimate of drug-likeness (QED) is 0.530. The van der Waals surface area contributed by atoms with Crippen LogP contribution in [0.5, 0.6) is 0 Å². The zero-order valence-electron chi connectivity index (χ0n) is 13.7. The fourth-order valence-corrected chi connectivity index (χ4v) is 3.73. The van der Waals surface area contributed by atoms with Gasteiger partial charge in [0.1, 0.15) is 0 Å². The van der Waals surface area contributed by atoms with Gasteiger partial charge in [-0.25, -0.2) is 8.42 Å². The minimum atomic E-state index is -3.34. The average molecular weight is 445 g/mol. The molecule has 0 aromatic heterocycles. The van der Waals surface area contributed by atoms with Crippen molar-refractivity contribution in [3.8, 4) is 0 Å². The van der Waals surface area contributed by atoms with E-state index < -0.39 is 9.84 Å². The number of nitrogens with zero attached hydrogens (tertiary/aromatic N) is 1. The number of benzene rings is 2. The molecule has 2 N–H and O–H groups in total. The smallest absolute Gasteiger partial charge is 0.191 e. The van der Waals surface area contributed by atoms with Gasteiger partial charge in [0.25, 0.3) is 0 Å². The summed E-state index contributed by atoms with van der Waals surface area (Å²) in [7, 11) is -1.71. The second-order valence-corrected chi connectivity index (χ2v) is 8.65. The largest absolute Gasteiger partial charge is 0.355 e. The van der Waals surface area contributed by atoms with Gasteiger partial charge in [-0.3, -0.25) is 4.99 Å². The number of sulfone groups is 1. The van der Waals surface area contributed by atoms with Crippen molar-refractivity contribution in [2.24, 2.45) is 4.99 Å². The molecule has 0 fully saturated rings. The molecule has 0 aliphatic heterocycles. The molecule has 0 atom stereocenters. The molecule has 5 nitrogen and oxygen atoms in total. The maximum absolute atomic E-state index is 12.3. The van der Waals surface area contributed by atoms with Crippen LogP contribution in [0.25, 0.3) is 0 Å². The molecule has 2 aromatic carbocycles. The summed E-state index contributed by atoms with van der Waals surface area (Å²) in [6.07, 6.45) is 0. The molecule has 2 rings (SSSR count). The lowest BCUT2D eigenvalue weighted by molar-refractivity contribution is 0.594. The van der Waals surface area contributed by atoms with Crippen molar-refractivity contribution < 1.29 is 8.42 Å². The third-order valence-electron chi connectivity index (χ3n) is 3.46. The maximum Gasteiger partial charge on any atom is 0.191 e. The highest BCUT2D eigenvalue weighted by Crippen LogP contribution is 2.16. The summed E-state index contributed by atoms with van der Waals surface area (Å²) in [6, 6.07) is 14.1. The van der Waals surface area contributed by atoms with Crippen molar-refractivity contribution >= 4 is 43.3 Å². The van der Waals surface area contributed by atoms with Crippen LogP contribution in [0.1, 0.15) is 5.56 Å². The first-order chi connectivity index (χ1) is 11.9. The second-order valence-electron chi connectivity index (χ2n) is 5.22. The molecule has 0 bridgehead atoms. The molecule has 0 amide bonds. The van der Waals surface area contributed by atoms with E-state index in [0.29, 0.717) is 22.4 Å². The molecule has 8 heteroatoms. The Bertz CT molecular complexity index is 839. The number of aliphatic imine (C=N–C) groups is 1. The van der Waals surface area contributed by atoms with Crippen LogP contribution in [0.3, 0.4) is 0 Å². The molecule has 25 heavy (non-hydrogen) atoms. The topological polar surface area (TPSA) is 70.6 Å². The number of halogens is 2. The van der Waals surface area contributed by atoms with Crippen LogP contribution in [0.15, 0.2) is 62.9 Å². The van der Waals surface area contributed by atoms with Crippen LogP contribution in [0.4, 0.5) is 0 Å². The highest BCUT2D eigenvalue weighted by molar-refractivity contribution is 9.10. The van der Waals surface area contributed by atoms with Gasteiger partial charge in [-0.15, -0.1) is 0 Å². The van der Waals surface area contributed by atoms with Crippen molar-refractivity contribution in [2.75, 3.05) is 19.3 Å². The Morgan fingerprint density at radius 3 is 2.44 bits per heavy atom. The molecule has 134 valence electrons. The summed E-state index contributed by atoms with van der Waals surface area (Å²) in [6.45, 7) is 0.749. The number of rotatable bonds is 6. The molecule has 0 heterocycles. The van der Waals surface area contributed by atoms with Gasteiger partial charge in [-0.2, -0.15) is 0 Å². The molecule has 2 aromatic rings. The first-order valence-corrected chi connectivity index (χ1v) is 10.4. The van der Waals surface area contributed by atoms with Gasteiger partial charge in [-0.05, 0) is 35.9 Å². The number of hydrogen-bond acceptors (Lipinski definition) is 3. The van der Waals surface area contributed by atoms with Gasteiger partial charge in [0.05, 0.1) is 10.6 Å². The highest BCUT2D eigenvalue weighted by Gasteiger charge is 2.14. The Morgan fingerprint density at radius 1 is 1.12 bits per heavy atom. The van der Waals surface area contributed by atoms with Gasteiger partial charge in [0.15, 0.2) is 15.8 Å². The van der Waals surface area contributed by atoms with Gasteiger partial charge in [0.2, 0.25) is 0 Å². The maximum atomic E-state index is 12.3. The zero-order valence-corrected chi connectivity index (χ0v) is 16.8. The van der Waals surface area contributed by atoms with Crippen LogP contribution in [-0.4, -0.2) is 33.7 Å². The van der Waals surface area contributed by atoms with E-state index in [2.05, 4.69) is 31.6 Å². The lowest BCUT2D eigenvalue weighted by atomic mass is 10.2. The summed E-state index contributed by atoms with van der Waals surface area (Å²) < 4.78 is 25.4. The van der Waals surface area contributed by atoms with E-state index in [0.717, 1.165) is 10.0 Å². The molecule has 0 spiro atoms. The third kappa shape index (κ3) is 6.02. The molecule has 0 saturated carbocycles. The first-order valence-electron chi connectivity index (χ1n) is 7.58. The Kier molecular flexibility index (Phi) is 7.28. The van der Waals surface area contributed by atoms with E-state index in [9.17, 15) is 8.42 Å². The summed E-state index contributed by atoms with van der Waals surface area (Å²) in [5.74, 6) is 0.493. The summed E-state index contributed by atoms with van der Waals surface area (Å²) >= 11 is 9.41. The van der Waals surface area contributed by atoms with Gasteiger partial charge in [-0.1, -0.05) is 45.7 Å². The molecule has 0 aliphatic rings. The molecule has 0 saturated heterocycles. The monoisotopic (exact) mass is 443 g/mol. The minimum Gasteiger partial charge on any atom is -0.355 e. The lowest BCUT2D eigenvalue weighted by Gasteiger charge is -2.13. The highest BCUT2D eigenvalue weighted by atomic mass is 79.9. The average Bonchev–Trinajstić information content (AvgIpc) is 2.59. The fourth-order valence-electron chi connectivity index (χ4n) is 2.10. The van der Waals surface area contributed by atoms with Crippen LogP contribution < -0.4 is 10.6 Å². The third-order valence-corrected chi connectivity index (χ3v) is 6.09. The van der Waals surface area contributed by atoms with Crippen molar-refractivity contribution in [1.82, 2.24) is 10.6 Å². The molecule has 0 aliphatic carbocycles. The summed E-state index contributed by atoms with van der Waals surface area (Å²) in [5, 5.41) is 6.79. The Hall–Kier alpha value is -1.57. The van der Waals surface area contributed by atoms with Crippen molar-refractivity contribution in [2.45, 2.75) is 11.4 Å². The van der Waals surface area contributed by atoms with Gasteiger partial charge < -0.3 is 10.6 Å². The molecular weight excluding hydrogens is 426 g/mol. The van der Waals surface area contributed by atoms with E-state index in [-0.39, 0.29) is 12.3 Å². The number of hydrogen-bond donors (Lipinski definition) is 2. The predicted octanol–water partition coefficient (Wildman–Crippen LogP) is 3.24. The Balaban J connectivity index is 1.86. The predicted molar refractivity (Wildman–Crippen MR) is 106 cm³/mol. The number of guanidine groups is 1. The standard InChI is InChI=1S/C17H19BrClN3O2S/c1-20-17(22-12-13-4-2-3-5-16(13)19)21-10-11-25(23,24)15-8-6-14(18)7-9-15/h2-9H,10-12H2,1H3,(H2,20,21,22). The molecular formula is C17H19BrClN3O2S. The second kappa shape index (κ2) is 9.22. The van der Waals surface area contributed by atoms with E-state index in [4.69, 9.17) is 11.6 Å². The van der Waals surface area contributed by atoms with E-state index in [1.165, 1.54) is 0 Å². The Labute approximate surface area is 161 Å². The van der Waals surface area contributed by atoms with Gasteiger partial charge >= 0.3 is 0 Å². The fraction of sp³-hybridized carbons (Fsp3) is 0.235. The van der Waals surface area contributed by atoms with Crippen molar-refractivity contribution in [1.29, 1.82) is 0 Å².